The Bertz CT molecular complexity index is 373. The number of hydrogen-bond donors (Lipinski definition) is 0. The molecule has 0 saturated carbocycles. The van der Waals surface area contributed by atoms with E-state index in [1.54, 1.807) is 0 Å². The van der Waals surface area contributed by atoms with Crippen LogP contribution in [0.1, 0.15) is 12.0 Å². The van der Waals surface area contributed by atoms with Gasteiger partial charge in [-0.3, -0.25) is 0 Å². The summed E-state index contributed by atoms with van der Waals surface area (Å²) < 4.78 is 0. The Labute approximate surface area is 104 Å². The zero-order valence-corrected chi connectivity index (χ0v) is 10.8. The topological polar surface area (TPSA) is 27.0 Å². The van der Waals surface area contributed by atoms with Crippen molar-refractivity contribution >= 4 is 33.2 Å². The summed E-state index contributed by atoms with van der Waals surface area (Å²) in [5.74, 6) is 0. The van der Waals surface area contributed by atoms with Crippen molar-refractivity contribution in [3.63, 3.8) is 0 Å². The second-order valence-corrected chi connectivity index (χ2v) is 4.23. The first-order valence-electron chi connectivity index (χ1n) is 4.61. The number of hydrogen-bond acceptors (Lipinski definition) is 2. The maximum Gasteiger partial charge on any atom is 0.0640 e. The van der Waals surface area contributed by atoms with Crippen molar-refractivity contribution in [2.45, 2.75) is 11.8 Å². The van der Waals surface area contributed by atoms with Crippen LogP contribution in [0.3, 0.4) is 0 Å². The van der Waals surface area contributed by atoms with E-state index < -0.39 is 0 Å². The average molecular weight is 288 g/mol. The minimum Gasteiger partial charge on any atom is -0.373 e. The maximum atomic E-state index is 8.53. The predicted molar refractivity (Wildman–Crippen MR) is 67.6 cm³/mol. The van der Waals surface area contributed by atoms with Crippen LogP contribution in [-0.4, -0.2) is 13.6 Å². The van der Waals surface area contributed by atoms with E-state index >= 15 is 0 Å². The van der Waals surface area contributed by atoms with Gasteiger partial charge in [-0.15, -0.1) is 0 Å². The SMILES string of the molecule is CN(CCC#N)c1cc(Cl)ccc1CBr. The van der Waals surface area contributed by atoms with Crippen LogP contribution >= 0.6 is 27.5 Å². The van der Waals surface area contributed by atoms with E-state index in [-0.39, 0.29) is 0 Å². The van der Waals surface area contributed by atoms with Crippen LogP contribution in [-0.2, 0) is 5.33 Å². The number of anilines is 1. The van der Waals surface area contributed by atoms with Crippen molar-refractivity contribution in [3.05, 3.63) is 28.8 Å². The molecule has 80 valence electrons. The van der Waals surface area contributed by atoms with Crippen LogP contribution in [0.2, 0.25) is 5.02 Å². The lowest BCUT2D eigenvalue weighted by molar-refractivity contribution is 0.900. The highest BCUT2D eigenvalue weighted by Gasteiger charge is 2.06. The number of nitrogens with zero attached hydrogens (tertiary/aromatic N) is 2. The van der Waals surface area contributed by atoms with Gasteiger partial charge in [0, 0.05) is 29.6 Å². The molecular formula is C11H12BrClN2. The highest BCUT2D eigenvalue weighted by atomic mass is 79.9. The fourth-order valence-corrected chi connectivity index (χ4v) is 1.98. The monoisotopic (exact) mass is 286 g/mol. The van der Waals surface area contributed by atoms with E-state index in [1.165, 1.54) is 5.56 Å². The molecule has 1 rings (SSSR count). The summed E-state index contributed by atoms with van der Waals surface area (Å²) in [4.78, 5) is 2.05. The summed E-state index contributed by atoms with van der Waals surface area (Å²) in [5, 5.41) is 10.0. The number of alkyl halides is 1. The third-order valence-corrected chi connectivity index (χ3v) is 3.00. The highest BCUT2D eigenvalue weighted by molar-refractivity contribution is 9.08. The normalized spacial score (nSPS) is 9.73. The smallest absolute Gasteiger partial charge is 0.0640 e. The number of rotatable bonds is 4. The molecule has 4 heteroatoms. The molecule has 1 aromatic rings. The molecule has 0 aliphatic carbocycles. The molecule has 0 radical (unpaired) electrons. The van der Waals surface area contributed by atoms with E-state index in [0.717, 1.165) is 22.6 Å². The van der Waals surface area contributed by atoms with Crippen LogP contribution in [0.25, 0.3) is 0 Å². The number of benzene rings is 1. The van der Waals surface area contributed by atoms with Gasteiger partial charge in [-0.2, -0.15) is 5.26 Å². The molecule has 0 fully saturated rings. The molecule has 0 bridgehead atoms. The van der Waals surface area contributed by atoms with Gasteiger partial charge in [-0.1, -0.05) is 33.6 Å². The van der Waals surface area contributed by atoms with Crippen LogP contribution in [0.4, 0.5) is 5.69 Å². The Hall–Kier alpha value is -0.720. The molecule has 0 amide bonds. The molecule has 0 heterocycles. The van der Waals surface area contributed by atoms with Crippen molar-refractivity contribution in [3.8, 4) is 6.07 Å². The van der Waals surface area contributed by atoms with Gasteiger partial charge >= 0.3 is 0 Å². The van der Waals surface area contributed by atoms with E-state index in [9.17, 15) is 0 Å². The van der Waals surface area contributed by atoms with Crippen molar-refractivity contribution in [2.24, 2.45) is 0 Å². The molecule has 15 heavy (non-hydrogen) atoms. The van der Waals surface area contributed by atoms with E-state index in [1.807, 2.05) is 30.1 Å². The molecule has 0 N–H and O–H groups in total. The third kappa shape index (κ3) is 3.40. The lowest BCUT2D eigenvalue weighted by Gasteiger charge is -2.20. The summed E-state index contributed by atoms with van der Waals surface area (Å²) in [6.45, 7) is 0.719. The van der Waals surface area contributed by atoms with Gasteiger partial charge in [-0.25, -0.2) is 0 Å². The molecule has 0 aliphatic rings. The molecule has 0 aliphatic heterocycles. The molecule has 0 spiro atoms. The summed E-state index contributed by atoms with van der Waals surface area (Å²) in [6.07, 6.45) is 0.519. The first kappa shape index (κ1) is 12.4. The standard InChI is InChI=1S/C11H12BrClN2/c1-15(6-2-5-14)11-7-10(13)4-3-9(11)8-12/h3-4,7H,2,6,8H2,1H3. The summed E-state index contributed by atoms with van der Waals surface area (Å²) in [7, 11) is 1.97. The van der Waals surface area contributed by atoms with Crippen molar-refractivity contribution in [1.82, 2.24) is 0 Å². The molecule has 1 aromatic carbocycles. The third-order valence-electron chi connectivity index (χ3n) is 2.16. The highest BCUT2D eigenvalue weighted by Crippen LogP contribution is 2.25. The molecular weight excluding hydrogens is 275 g/mol. The van der Waals surface area contributed by atoms with Gasteiger partial charge in [0.05, 0.1) is 12.5 Å². The predicted octanol–water partition coefficient (Wildman–Crippen LogP) is 3.58. The molecule has 0 unspecified atom stereocenters. The van der Waals surface area contributed by atoms with Gasteiger partial charge in [0.1, 0.15) is 0 Å². The fourth-order valence-electron chi connectivity index (χ4n) is 1.34. The first-order chi connectivity index (χ1) is 7.19. The maximum absolute atomic E-state index is 8.53. The minimum absolute atomic E-state index is 0.519. The van der Waals surface area contributed by atoms with Crippen LogP contribution in [0, 0.1) is 11.3 Å². The number of halogens is 2. The van der Waals surface area contributed by atoms with Gasteiger partial charge < -0.3 is 4.90 Å². The fraction of sp³-hybridized carbons (Fsp3) is 0.364. The Morgan fingerprint density at radius 1 is 1.53 bits per heavy atom. The van der Waals surface area contributed by atoms with Crippen molar-refractivity contribution in [1.29, 1.82) is 5.26 Å². The van der Waals surface area contributed by atoms with Crippen molar-refractivity contribution in [2.75, 3.05) is 18.5 Å². The Morgan fingerprint density at radius 2 is 2.27 bits per heavy atom. The quantitative estimate of drug-likeness (QED) is 0.791. The molecule has 0 atom stereocenters. The van der Waals surface area contributed by atoms with E-state index in [2.05, 4.69) is 22.0 Å². The van der Waals surface area contributed by atoms with Gasteiger partial charge in [0.2, 0.25) is 0 Å². The Kier molecular flexibility index (Phi) is 4.93. The molecule has 0 saturated heterocycles. The Morgan fingerprint density at radius 3 is 2.87 bits per heavy atom. The van der Waals surface area contributed by atoms with E-state index in [0.29, 0.717) is 6.42 Å². The van der Waals surface area contributed by atoms with Gasteiger partial charge in [0.25, 0.3) is 0 Å². The van der Waals surface area contributed by atoms with Crippen LogP contribution in [0.15, 0.2) is 18.2 Å². The zero-order chi connectivity index (χ0) is 11.3. The molecule has 2 nitrogen and oxygen atoms in total. The van der Waals surface area contributed by atoms with Crippen molar-refractivity contribution < 1.29 is 0 Å². The van der Waals surface area contributed by atoms with Crippen LogP contribution in [0.5, 0.6) is 0 Å². The zero-order valence-electron chi connectivity index (χ0n) is 8.50. The minimum atomic E-state index is 0.519. The second-order valence-electron chi connectivity index (χ2n) is 3.24. The average Bonchev–Trinajstić information content (AvgIpc) is 2.25. The van der Waals surface area contributed by atoms with Crippen LogP contribution < -0.4 is 4.90 Å². The Balaban J connectivity index is 2.90. The lowest BCUT2D eigenvalue weighted by atomic mass is 10.2. The van der Waals surface area contributed by atoms with Gasteiger partial charge in [-0.05, 0) is 17.7 Å². The number of nitriles is 1. The molecule has 0 aromatic heterocycles. The van der Waals surface area contributed by atoms with Gasteiger partial charge in [0.15, 0.2) is 0 Å². The van der Waals surface area contributed by atoms with E-state index in [4.69, 9.17) is 16.9 Å². The largest absolute Gasteiger partial charge is 0.373 e. The second kappa shape index (κ2) is 5.99. The lowest BCUT2D eigenvalue weighted by Crippen LogP contribution is -2.19. The summed E-state index contributed by atoms with van der Waals surface area (Å²) in [5.41, 5.74) is 2.26. The summed E-state index contributed by atoms with van der Waals surface area (Å²) in [6, 6.07) is 7.93. The first-order valence-corrected chi connectivity index (χ1v) is 6.11. The summed E-state index contributed by atoms with van der Waals surface area (Å²) >= 11 is 9.38.